The summed E-state index contributed by atoms with van der Waals surface area (Å²) in [5.74, 6) is 0.874. The van der Waals surface area contributed by atoms with Crippen LogP contribution in [0.3, 0.4) is 0 Å². The maximum absolute atomic E-state index is 6.42. The summed E-state index contributed by atoms with van der Waals surface area (Å²) in [6.07, 6.45) is 2.45. The summed E-state index contributed by atoms with van der Waals surface area (Å²) >= 11 is 6.13. The lowest BCUT2D eigenvalue weighted by Gasteiger charge is -2.33. The summed E-state index contributed by atoms with van der Waals surface area (Å²) in [5.41, 5.74) is 1.18. The second kappa shape index (κ2) is 5.69. The van der Waals surface area contributed by atoms with Crippen molar-refractivity contribution in [3.63, 3.8) is 0 Å². The van der Waals surface area contributed by atoms with E-state index in [0.717, 1.165) is 18.8 Å². The second-order valence-corrected chi connectivity index (χ2v) is 9.36. The monoisotopic (exact) mass is 330 g/mol. The highest BCUT2D eigenvalue weighted by molar-refractivity contribution is 8.12. The zero-order valence-electron chi connectivity index (χ0n) is 12.3. The van der Waals surface area contributed by atoms with Crippen molar-refractivity contribution < 1.29 is 4.52 Å². The van der Waals surface area contributed by atoms with Crippen LogP contribution in [-0.4, -0.2) is 23.8 Å². The largest absolute Gasteiger partial charge is 0.437 e. The molecule has 2 aliphatic heterocycles. The van der Waals surface area contributed by atoms with Crippen LogP contribution in [0.5, 0.6) is 5.75 Å². The standard InChI is InChI=1S/C17H19N2OPS/c22-21(20-17-11-5-2-6-12-17)18-13-7-10-16(18)14-19(21)15-8-3-1-4-9-15/h1-6,8-9,11-12,16H,7,10,13-14H2/t16-,21-/m0/s1. The Balaban J connectivity index is 1.73. The van der Waals surface area contributed by atoms with Crippen LogP contribution in [0.1, 0.15) is 12.8 Å². The number of fused-ring (bicyclic) bond motifs is 1. The lowest BCUT2D eigenvalue weighted by Crippen LogP contribution is -2.23. The van der Waals surface area contributed by atoms with Crippen molar-refractivity contribution >= 4 is 24.1 Å². The van der Waals surface area contributed by atoms with Crippen LogP contribution in [0.25, 0.3) is 0 Å². The van der Waals surface area contributed by atoms with E-state index >= 15 is 0 Å². The molecule has 2 atom stereocenters. The first-order valence-electron chi connectivity index (χ1n) is 7.72. The summed E-state index contributed by atoms with van der Waals surface area (Å²) in [6.45, 7) is -0.194. The number of benzene rings is 2. The molecular formula is C17H19N2OPS. The van der Waals surface area contributed by atoms with Gasteiger partial charge in [0.1, 0.15) is 5.75 Å². The van der Waals surface area contributed by atoms with Crippen molar-refractivity contribution in [2.24, 2.45) is 0 Å². The van der Waals surface area contributed by atoms with Crippen LogP contribution in [-0.2, 0) is 11.8 Å². The summed E-state index contributed by atoms with van der Waals surface area (Å²) in [6, 6.07) is 21.0. The molecule has 2 saturated heterocycles. The molecule has 0 amide bonds. The first-order valence-corrected chi connectivity index (χ1v) is 10.3. The Morgan fingerprint density at radius 1 is 1.00 bits per heavy atom. The topological polar surface area (TPSA) is 15.7 Å². The van der Waals surface area contributed by atoms with Crippen LogP contribution in [0.15, 0.2) is 60.7 Å². The molecule has 4 rings (SSSR count). The molecule has 0 aromatic heterocycles. The minimum atomic E-state index is -2.23. The fraction of sp³-hybridized carbons (Fsp3) is 0.294. The fourth-order valence-corrected chi connectivity index (χ4v) is 7.43. The highest BCUT2D eigenvalue weighted by Gasteiger charge is 2.49. The molecule has 2 heterocycles. The smallest absolute Gasteiger partial charge is 0.279 e. The van der Waals surface area contributed by atoms with Gasteiger partial charge in [-0.1, -0.05) is 36.4 Å². The van der Waals surface area contributed by atoms with E-state index in [1.54, 1.807) is 0 Å². The fourth-order valence-electron chi connectivity index (χ4n) is 3.35. The highest BCUT2D eigenvalue weighted by Crippen LogP contribution is 2.63. The van der Waals surface area contributed by atoms with E-state index in [1.807, 2.05) is 36.4 Å². The van der Waals surface area contributed by atoms with Crippen molar-refractivity contribution in [1.82, 2.24) is 4.67 Å². The number of hydrogen-bond donors (Lipinski definition) is 0. The molecule has 0 spiro atoms. The summed E-state index contributed by atoms with van der Waals surface area (Å²) in [5, 5.41) is 0. The number of nitrogens with zero attached hydrogens (tertiary/aromatic N) is 2. The van der Waals surface area contributed by atoms with Crippen LogP contribution in [0.2, 0.25) is 0 Å². The van der Waals surface area contributed by atoms with Crippen molar-refractivity contribution in [2.45, 2.75) is 18.9 Å². The third-order valence-electron chi connectivity index (χ3n) is 4.38. The minimum absolute atomic E-state index is 0.537. The SMILES string of the molecule is S=[P@]1(Oc2ccccc2)N(c2ccccc2)C[C@@H]2CCCN21. The van der Waals surface area contributed by atoms with E-state index in [4.69, 9.17) is 16.3 Å². The van der Waals surface area contributed by atoms with E-state index in [-0.39, 0.29) is 0 Å². The molecule has 5 heteroatoms. The molecule has 0 bridgehead atoms. The normalized spacial score (nSPS) is 27.8. The Morgan fingerprint density at radius 3 is 2.41 bits per heavy atom. The van der Waals surface area contributed by atoms with Gasteiger partial charge in [0.25, 0.3) is 6.57 Å². The predicted molar refractivity (Wildman–Crippen MR) is 94.9 cm³/mol. The number of anilines is 1. The zero-order valence-corrected chi connectivity index (χ0v) is 14.0. The van der Waals surface area contributed by atoms with Gasteiger partial charge in [-0.3, -0.25) is 0 Å². The third-order valence-corrected chi connectivity index (χ3v) is 8.45. The van der Waals surface area contributed by atoms with Gasteiger partial charge in [-0.05, 0) is 48.9 Å². The van der Waals surface area contributed by atoms with E-state index in [2.05, 4.69) is 33.6 Å². The van der Waals surface area contributed by atoms with Gasteiger partial charge in [0.2, 0.25) is 0 Å². The molecule has 0 saturated carbocycles. The Kier molecular flexibility index (Phi) is 3.69. The Labute approximate surface area is 136 Å². The lowest BCUT2D eigenvalue weighted by atomic mass is 10.2. The first-order chi connectivity index (χ1) is 10.8. The number of para-hydroxylation sites is 2. The van der Waals surface area contributed by atoms with Gasteiger partial charge in [-0.2, -0.15) is 0 Å². The number of rotatable bonds is 3. The summed E-state index contributed by atoms with van der Waals surface area (Å²) in [7, 11) is 0. The average Bonchev–Trinajstić information content (AvgIpc) is 3.12. The van der Waals surface area contributed by atoms with Crippen molar-refractivity contribution in [3.8, 4) is 5.75 Å². The molecule has 2 aromatic rings. The molecule has 0 N–H and O–H groups in total. The lowest BCUT2D eigenvalue weighted by molar-refractivity contribution is 0.430. The molecule has 2 fully saturated rings. The van der Waals surface area contributed by atoms with Gasteiger partial charge in [0.05, 0.1) is 0 Å². The van der Waals surface area contributed by atoms with Crippen molar-refractivity contribution in [3.05, 3.63) is 60.7 Å². The van der Waals surface area contributed by atoms with E-state index in [0.29, 0.717) is 6.04 Å². The molecule has 3 nitrogen and oxygen atoms in total. The molecule has 0 radical (unpaired) electrons. The predicted octanol–water partition coefficient (Wildman–Crippen LogP) is 4.27. The minimum Gasteiger partial charge on any atom is -0.437 e. The van der Waals surface area contributed by atoms with Gasteiger partial charge in [-0.25, -0.2) is 4.67 Å². The molecule has 0 aliphatic carbocycles. The van der Waals surface area contributed by atoms with E-state index < -0.39 is 6.57 Å². The number of hydrogen-bond acceptors (Lipinski definition) is 2. The van der Waals surface area contributed by atoms with E-state index in [9.17, 15) is 0 Å². The molecule has 114 valence electrons. The van der Waals surface area contributed by atoms with E-state index in [1.165, 1.54) is 18.5 Å². The third kappa shape index (κ3) is 2.36. The Morgan fingerprint density at radius 2 is 1.68 bits per heavy atom. The van der Waals surface area contributed by atoms with Gasteiger partial charge < -0.3 is 9.19 Å². The Hall–Kier alpha value is -1.35. The maximum Gasteiger partial charge on any atom is 0.279 e. The van der Waals surface area contributed by atoms with Crippen LogP contribution in [0.4, 0.5) is 5.69 Å². The molecule has 22 heavy (non-hydrogen) atoms. The van der Waals surface area contributed by atoms with Crippen LogP contribution >= 0.6 is 6.57 Å². The molecule has 2 aliphatic rings. The van der Waals surface area contributed by atoms with Crippen molar-refractivity contribution in [1.29, 1.82) is 0 Å². The molecular weight excluding hydrogens is 311 g/mol. The first kappa shape index (κ1) is 14.3. The van der Waals surface area contributed by atoms with Gasteiger partial charge in [0.15, 0.2) is 0 Å². The van der Waals surface area contributed by atoms with Crippen LogP contribution in [0, 0.1) is 0 Å². The van der Waals surface area contributed by atoms with Gasteiger partial charge >= 0.3 is 0 Å². The summed E-state index contributed by atoms with van der Waals surface area (Å²) < 4.78 is 11.2. The quantitative estimate of drug-likeness (QED) is 0.781. The van der Waals surface area contributed by atoms with Gasteiger partial charge in [0, 0.05) is 24.8 Å². The Bertz CT molecular complexity index is 694. The second-order valence-electron chi connectivity index (χ2n) is 5.77. The maximum atomic E-state index is 6.42. The summed E-state index contributed by atoms with van der Waals surface area (Å²) in [4.78, 5) is 0. The van der Waals surface area contributed by atoms with Crippen molar-refractivity contribution in [2.75, 3.05) is 17.8 Å². The van der Waals surface area contributed by atoms with Crippen LogP contribution < -0.4 is 9.19 Å². The average molecular weight is 330 g/mol. The molecule has 0 unspecified atom stereocenters. The highest BCUT2D eigenvalue weighted by atomic mass is 32.5. The molecule has 2 aromatic carbocycles. The van der Waals surface area contributed by atoms with Gasteiger partial charge in [-0.15, -0.1) is 0 Å². The zero-order chi connectivity index (χ0) is 15.0.